The van der Waals surface area contributed by atoms with Crippen LogP contribution >= 0.6 is 0 Å². The fraction of sp³-hybridized carbons (Fsp3) is 0. The van der Waals surface area contributed by atoms with Crippen LogP contribution in [0.3, 0.4) is 0 Å². The summed E-state index contributed by atoms with van der Waals surface area (Å²) in [4.78, 5) is 2.35. The van der Waals surface area contributed by atoms with Gasteiger partial charge in [-0.05, 0) is 81.5 Å². The Labute approximate surface area is 220 Å². The average Bonchev–Trinajstić information content (AvgIpc) is 3.36. The van der Waals surface area contributed by atoms with Crippen LogP contribution in [0.1, 0.15) is 0 Å². The van der Waals surface area contributed by atoms with E-state index in [4.69, 9.17) is 4.42 Å². The van der Waals surface area contributed by atoms with E-state index in [1.54, 1.807) is 0 Å². The van der Waals surface area contributed by atoms with Crippen LogP contribution in [0, 0.1) is 0 Å². The predicted molar refractivity (Wildman–Crippen MR) is 161 cm³/mol. The molecule has 8 rings (SSSR count). The van der Waals surface area contributed by atoms with Gasteiger partial charge in [0.2, 0.25) is 0 Å². The molecule has 2 heteroatoms. The van der Waals surface area contributed by atoms with Crippen LogP contribution in [0.5, 0.6) is 0 Å². The van der Waals surface area contributed by atoms with Crippen molar-refractivity contribution in [3.63, 3.8) is 0 Å². The van der Waals surface area contributed by atoms with Crippen molar-refractivity contribution in [3.05, 3.63) is 140 Å². The first-order valence-corrected chi connectivity index (χ1v) is 12.9. The van der Waals surface area contributed by atoms with Crippen LogP contribution in [-0.2, 0) is 0 Å². The van der Waals surface area contributed by atoms with Gasteiger partial charge in [0.1, 0.15) is 11.2 Å². The molecule has 0 fully saturated rings. The normalized spacial score (nSPS) is 11.7. The summed E-state index contributed by atoms with van der Waals surface area (Å²) < 4.78 is 6.32. The Balaban J connectivity index is 1.36. The molecule has 0 bridgehead atoms. The Morgan fingerprint density at radius 1 is 0.368 bits per heavy atom. The van der Waals surface area contributed by atoms with Gasteiger partial charge in [0.25, 0.3) is 0 Å². The van der Waals surface area contributed by atoms with Gasteiger partial charge in [-0.25, -0.2) is 0 Å². The molecule has 0 aliphatic heterocycles. The number of benzene rings is 7. The topological polar surface area (TPSA) is 16.4 Å². The maximum atomic E-state index is 6.32. The van der Waals surface area contributed by atoms with Gasteiger partial charge in [-0.2, -0.15) is 0 Å². The lowest BCUT2D eigenvalue weighted by Crippen LogP contribution is -2.10. The number of anilines is 3. The van der Waals surface area contributed by atoms with Crippen molar-refractivity contribution in [1.29, 1.82) is 0 Å². The Hall–Kier alpha value is -5.08. The van der Waals surface area contributed by atoms with E-state index in [2.05, 4.69) is 132 Å². The SMILES string of the molecule is c1ccc2cc(N(c3ccc4ccccc4c3)c3ccc4c(ccc5c6ccccc6oc45)c3)ccc2c1. The molecule has 0 amide bonds. The summed E-state index contributed by atoms with van der Waals surface area (Å²) >= 11 is 0. The molecule has 0 atom stereocenters. The minimum absolute atomic E-state index is 0.924. The molecule has 0 radical (unpaired) electrons. The maximum absolute atomic E-state index is 6.32. The van der Waals surface area contributed by atoms with Gasteiger partial charge in [-0.1, -0.05) is 84.9 Å². The summed E-state index contributed by atoms with van der Waals surface area (Å²) in [6.07, 6.45) is 0. The molecular weight excluding hydrogens is 462 g/mol. The first kappa shape index (κ1) is 21.0. The summed E-state index contributed by atoms with van der Waals surface area (Å²) in [5, 5.41) is 9.51. The Morgan fingerprint density at radius 2 is 0.868 bits per heavy atom. The molecule has 2 nitrogen and oxygen atoms in total. The number of fused-ring (bicyclic) bond motifs is 7. The standard InChI is InChI=1S/C36H23NO/c1-3-9-26-21-29(16-13-24(26)7-1)37(30-17-14-25-8-2-4-10-27(25)22-30)31-18-20-32-28(23-31)15-19-34-33-11-5-6-12-35(33)38-36(32)34/h1-23H. The highest BCUT2D eigenvalue weighted by atomic mass is 16.3. The number of hydrogen-bond acceptors (Lipinski definition) is 2. The molecular formula is C36H23NO. The molecule has 0 N–H and O–H groups in total. The largest absolute Gasteiger partial charge is 0.455 e. The Kier molecular flexibility index (Phi) is 4.55. The summed E-state index contributed by atoms with van der Waals surface area (Å²) in [7, 11) is 0. The molecule has 0 unspecified atom stereocenters. The highest BCUT2D eigenvalue weighted by molar-refractivity contribution is 6.15. The zero-order chi connectivity index (χ0) is 25.1. The van der Waals surface area contributed by atoms with Gasteiger partial charge in [0.05, 0.1) is 0 Å². The molecule has 1 aromatic heterocycles. The maximum Gasteiger partial charge on any atom is 0.143 e. The van der Waals surface area contributed by atoms with Gasteiger partial charge < -0.3 is 9.32 Å². The van der Waals surface area contributed by atoms with E-state index in [1.807, 2.05) is 12.1 Å². The Bertz CT molecular complexity index is 2070. The zero-order valence-electron chi connectivity index (χ0n) is 20.6. The summed E-state index contributed by atoms with van der Waals surface area (Å²) in [6, 6.07) is 49.8. The number of para-hydroxylation sites is 1. The van der Waals surface area contributed by atoms with Gasteiger partial charge in [0.15, 0.2) is 0 Å². The number of hydrogen-bond donors (Lipinski definition) is 0. The van der Waals surface area contributed by atoms with E-state index in [9.17, 15) is 0 Å². The third kappa shape index (κ3) is 3.28. The minimum Gasteiger partial charge on any atom is -0.455 e. The highest BCUT2D eigenvalue weighted by Crippen LogP contribution is 2.40. The second-order valence-corrected chi connectivity index (χ2v) is 9.84. The molecule has 1 heterocycles. The van der Waals surface area contributed by atoms with E-state index in [0.717, 1.165) is 49.8 Å². The molecule has 38 heavy (non-hydrogen) atoms. The zero-order valence-corrected chi connectivity index (χ0v) is 20.6. The minimum atomic E-state index is 0.924. The quantitative estimate of drug-likeness (QED) is 0.247. The highest BCUT2D eigenvalue weighted by Gasteiger charge is 2.16. The monoisotopic (exact) mass is 485 g/mol. The van der Waals surface area contributed by atoms with Crippen LogP contribution in [0.25, 0.3) is 54.3 Å². The smallest absolute Gasteiger partial charge is 0.143 e. The molecule has 0 aliphatic rings. The molecule has 0 spiro atoms. The predicted octanol–water partition coefficient (Wildman–Crippen LogP) is 10.5. The van der Waals surface area contributed by atoms with E-state index in [-0.39, 0.29) is 0 Å². The first-order chi connectivity index (χ1) is 18.8. The van der Waals surface area contributed by atoms with Crippen molar-refractivity contribution < 1.29 is 4.42 Å². The molecule has 8 aromatic rings. The fourth-order valence-electron chi connectivity index (χ4n) is 5.72. The second kappa shape index (κ2) is 8.22. The lowest BCUT2D eigenvalue weighted by Gasteiger charge is -2.26. The van der Waals surface area contributed by atoms with Crippen LogP contribution in [0.2, 0.25) is 0 Å². The van der Waals surface area contributed by atoms with E-state index < -0.39 is 0 Å². The number of rotatable bonds is 3. The summed E-state index contributed by atoms with van der Waals surface area (Å²) in [5.74, 6) is 0. The lowest BCUT2D eigenvalue weighted by atomic mass is 10.0. The molecule has 0 saturated heterocycles. The lowest BCUT2D eigenvalue weighted by molar-refractivity contribution is 0.672. The van der Waals surface area contributed by atoms with Crippen LogP contribution in [0.15, 0.2) is 144 Å². The molecule has 178 valence electrons. The van der Waals surface area contributed by atoms with Gasteiger partial charge >= 0.3 is 0 Å². The summed E-state index contributed by atoms with van der Waals surface area (Å²) in [6.45, 7) is 0. The van der Waals surface area contributed by atoms with Crippen molar-refractivity contribution in [3.8, 4) is 0 Å². The molecule has 7 aromatic carbocycles. The Morgan fingerprint density at radius 3 is 1.55 bits per heavy atom. The van der Waals surface area contributed by atoms with E-state index in [1.165, 1.54) is 21.5 Å². The number of nitrogens with zero attached hydrogens (tertiary/aromatic N) is 1. The van der Waals surface area contributed by atoms with E-state index >= 15 is 0 Å². The first-order valence-electron chi connectivity index (χ1n) is 12.9. The summed E-state index contributed by atoms with van der Waals surface area (Å²) in [5.41, 5.74) is 5.23. The molecule has 0 aliphatic carbocycles. The fourth-order valence-corrected chi connectivity index (χ4v) is 5.72. The van der Waals surface area contributed by atoms with Crippen molar-refractivity contribution in [2.24, 2.45) is 0 Å². The third-order valence-corrected chi connectivity index (χ3v) is 7.58. The van der Waals surface area contributed by atoms with Crippen molar-refractivity contribution in [1.82, 2.24) is 0 Å². The number of furan rings is 1. The van der Waals surface area contributed by atoms with Crippen molar-refractivity contribution in [2.75, 3.05) is 4.90 Å². The van der Waals surface area contributed by atoms with Gasteiger partial charge in [-0.15, -0.1) is 0 Å². The van der Waals surface area contributed by atoms with Gasteiger partial charge in [0, 0.05) is 33.2 Å². The van der Waals surface area contributed by atoms with Crippen LogP contribution < -0.4 is 4.90 Å². The van der Waals surface area contributed by atoms with Crippen molar-refractivity contribution in [2.45, 2.75) is 0 Å². The van der Waals surface area contributed by atoms with Gasteiger partial charge in [-0.3, -0.25) is 0 Å². The van der Waals surface area contributed by atoms with Crippen molar-refractivity contribution >= 4 is 71.3 Å². The van der Waals surface area contributed by atoms with Crippen LogP contribution in [-0.4, -0.2) is 0 Å². The van der Waals surface area contributed by atoms with Crippen LogP contribution in [0.4, 0.5) is 17.1 Å². The van der Waals surface area contributed by atoms with E-state index in [0.29, 0.717) is 0 Å². The second-order valence-electron chi connectivity index (χ2n) is 9.84. The molecule has 0 saturated carbocycles. The third-order valence-electron chi connectivity index (χ3n) is 7.58. The average molecular weight is 486 g/mol.